The van der Waals surface area contributed by atoms with E-state index < -0.39 is 0 Å². The van der Waals surface area contributed by atoms with Crippen LogP contribution >= 0.6 is 0 Å². The summed E-state index contributed by atoms with van der Waals surface area (Å²) in [5, 5.41) is 8.79. The number of nitrogens with zero attached hydrogens (tertiary/aromatic N) is 1. The summed E-state index contributed by atoms with van der Waals surface area (Å²) in [6.45, 7) is 2.20. The lowest BCUT2D eigenvalue weighted by molar-refractivity contribution is -0.123. The van der Waals surface area contributed by atoms with Gasteiger partial charge in [0.1, 0.15) is 5.78 Å². The summed E-state index contributed by atoms with van der Waals surface area (Å²) in [6, 6.07) is 9.61. The lowest BCUT2D eigenvalue weighted by atomic mass is 9.76. The Balaban J connectivity index is 1.99. The zero-order chi connectivity index (χ0) is 13.7. The van der Waals surface area contributed by atoms with Crippen LogP contribution < -0.4 is 0 Å². The van der Waals surface area contributed by atoms with E-state index in [-0.39, 0.29) is 5.92 Å². The van der Waals surface area contributed by atoms with Crippen LogP contribution in [0.5, 0.6) is 0 Å². The first kappa shape index (κ1) is 13.8. The van der Waals surface area contributed by atoms with Crippen LogP contribution in [0.1, 0.15) is 62.5 Å². The molecule has 100 valence electrons. The van der Waals surface area contributed by atoms with E-state index in [1.165, 1.54) is 19.3 Å². The van der Waals surface area contributed by atoms with Gasteiger partial charge in [-0.15, -0.1) is 0 Å². The summed E-state index contributed by atoms with van der Waals surface area (Å²) in [7, 11) is 0. The van der Waals surface area contributed by atoms with Gasteiger partial charge < -0.3 is 0 Å². The summed E-state index contributed by atoms with van der Waals surface area (Å²) < 4.78 is 0. The molecule has 1 aromatic rings. The van der Waals surface area contributed by atoms with Gasteiger partial charge in [0.25, 0.3) is 0 Å². The van der Waals surface area contributed by atoms with E-state index in [2.05, 4.69) is 13.0 Å². The van der Waals surface area contributed by atoms with Crippen molar-refractivity contribution in [3.05, 3.63) is 35.4 Å². The van der Waals surface area contributed by atoms with Crippen molar-refractivity contribution < 1.29 is 4.79 Å². The van der Waals surface area contributed by atoms with Crippen LogP contribution in [0.15, 0.2) is 24.3 Å². The third kappa shape index (κ3) is 3.44. The van der Waals surface area contributed by atoms with Gasteiger partial charge in [-0.2, -0.15) is 5.26 Å². The zero-order valence-electron chi connectivity index (χ0n) is 11.6. The zero-order valence-corrected chi connectivity index (χ0v) is 11.6. The molecular formula is C17H21NO. The van der Waals surface area contributed by atoms with Gasteiger partial charge in [-0.1, -0.05) is 38.3 Å². The number of Topliss-reactive ketones (excluding diaryl/α,β-unsaturated/α-hetero) is 1. The molecule has 2 rings (SSSR count). The SMILES string of the molecule is CCCC[C@@H]1CC[C@@H](c2ccc(C#N)cc2)C(=O)C1. The summed E-state index contributed by atoms with van der Waals surface area (Å²) in [6.07, 6.45) is 6.52. The number of benzene rings is 1. The molecule has 0 N–H and O–H groups in total. The molecule has 1 aliphatic rings. The summed E-state index contributed by atoms with van der Waals surface area (Å²) in [5.41, 5.74) is 1.74. The molecule has 1 saturated carbocycles. The molecule has 2 heteroatoms. The first-order valence-corrected chi connectivity index (χ1v) is 7.27. The van der Waals surface area contributed by atoms with Crippen molar-refractivity contribution >= 4 is 5.78 Å². The quantitative estimate of drug-likeness (QED) is 0.809. The van der Waals surface area contributed by atoms with Crippen LogP contribution in [0.2, 0.25) is 0 Å². The fraction of sp³-hybridized carbons (Fsp3) is 0.529. The van der Waals surface area contributed by atoms with E-state index in [9.17, 15) is 4.79 Å². The van der Waals surface area contributed by atoms with Crippen LogP contribution in [-0.2, 0) is 4.79 Å². The number of nitriles is 1. The first-order chi connectivity index (χ1) is 9.24. The van der Waals surface area contributed by atoms with E-state index >= 15 is 0 Å². The number of carbonyl (C=O) groups excluding carboxylic acids is 1. The molecule has 0 heterocycles. The molecule has 0 saturated heterocycles. The van der Waals surface area contributed by atoms with Gasteiger partial charge in [-0.05, 0) is 36.5 Å². The number of hydrogen-bond acceptors (Lipinski definition) is 2. The van der Waals surface area contributed by atoms with Crippen LogP contribution in [-0.4, -0.2) is 5.78 Å². The minimum absolute atomic E-state index is 0.0608. The fourth-order valence-corrected chi connectivity index (χ4v) is 2.97. The molecule has 0 spiro atoms. The minimum Gasteiger partial charge on any atom is -0.299 e. The highest BCUT2D eigenvalue weighted by Crippen LogP contribution is 2.35. The topological polar surface area (TPSA) is 40.9 Å². The molecule has 1 aromatic carbocycles. The lowest BCUT2D eigenvalue weighted by Gasteiger charge is -2.27. The fourth-order valence-electron chi connectivity index (χ4n) is 2.97. The molecule has 1 fully saturated rings. The Bertz CT molecular complexity index is 469. The van der Waals surface area contributed by atoms with Crippen molar-refractivity contribution in [2.75, 3.05) is 0 Å². The Morgan fingerprint density at radius 2 is 2.00 bits per heavy atom. The van der Waals surface area contributed by atoms with Crippen LogP contribution in [0, 0.1) is 17.2 Å². The van der Waals surface area contributed by atoms with Crippen LogP contribution in [0.25, 0.3) is 0 Å². The summed E-state index contributed by atoms with van der Waals surface area (Å²) >= 11 is 0. The van der Waals surface area contributed by atoms with E-state index in [4.69, 9.17) is 5.26 Å². The van der Waals surface area contributed by atoms with Gasteiger partial charge in [0.2, 0.25) is 0 Å². The van der Waals surface area contributed by atoms with E-state index in [0.717, 1.165) is 24.8 Å². The Morgan fingerprint density at radius 1 is 1.26 bits per heavy atom. The highest BCUT2D eigenvalue weighted by Gasteiger charge is 2.29. The maximum Gasteiger partial charge on any atom is 0.140 e. The number of hydrogen-bond donors (Lipinski definition) is 0. The van der Waals surface area contributed by atoms with E-state index in [0.29, 0.717) is 17.3 Å². The van der Waals surface area contributed by atoms with Crippen molar-refractivity contribution in [2.24, 2.45) is 5.92 Å². The van der Waals surface area contributed by atoms with Crippen molar-refractivity contribution in [3.8, 4) is 6.07 Å². The standard InChI is InChI=1S/C17H21NO/c1-2-3-4-13-7-10-16(17(19)11-13)15-8-5-14(12-18)6-9-15/h5-6,8-9,13,16H,2-4,7,10-11H2,1H3/t13-,16+/m1/s1. The maximum atomic E-state index is 12.3. The van der Waals surface area contributed by atoms with Crippen LogP contribution in [0.3, 0.4) is 0 Å². The molecule has 1 aliphatic carbocycles. The number of carbonyl (C=O) groups is 1. The second kappa shape index (κ2) is 6.52. The largest absolute Gasteiger partial charge is 0.299 e. The van der Waals surface area contributed by atoms with Crippen molar-refractivity contribution in [2.45, 2.75) is 51.4 Å². The predicted octanol–water partition coefficient (Wildman–Crippen LogP) is 4.20. The van der Waals surface area contributed by atoms with Gasteiger partial charge >= 0.3 is 0 Å². The Labute approximate surface area is 115 Å². The molecule has 19 heavy (non-hydrogen) atoms. The summed E-state index contributed by atoms with van der Waals surface area (Å²) in [4.78, 5) is 12.3. The van der Waals surface area contributed by atoms with Crippen molar-refractivity contribution in [1.29, 1.82) is 5.26 Å². The Hall–Kier alpha value is -1.62. The maximum absolute atomic E-state index is 12.3. The normalized spacial score (nSPS) is 23.1. The van der Waals surface area contributed by atoms with Gasteiger partial charge in [-0.25, -0.2) is 0 Å². The second-order valence-corrected chi connectivity index (χ2v) is 5.54. The molecule has 0 bridgehead atoms. The highest BCUT2D eigenvalue weighted by atomic mass is 16.1. The highest BCUT2D eigenvalue weighted by molar-refractivity contribution is 5.86. The molecule has 0 aliphatic heterocycles. The van der Waals surface area contributed by atoms with E-state index in [1.807, 2.05) is 24.3 Å². The smallest absolute Gasteiger partial charge is 0.140 e. The Morgan fingerprint density at radius 3 is 2.58 bits per heavy atom. The number of unbranched alkanes of at least 4 members (excludes halogenated alkanes) is 1. The molecule has 0 radical (unpaired) electrons. The van der Waals surface area contributed by atoms with Gasteiger partial charge in [0.05, 0.1) is 11.6 Å². The summed E-state index contributed by atoms with van der Waals surface area (Å²) in [5.74, 6) is 1.05. The minimum atomic E-state index is 0.0608. The predicted molar refractivity (Wildman–Crippen MR) is 75.8 cm³/mol. The average Bonchev–Trinajstić information content (AvgIpc) is 2.45. The van der Waals surface area contributed by atoms with Crippen LogP contribution in [0.4, 0.5) is 0 Å². The third-order valence-electron chi connectivity index (χ3n) is 4.15. The third-order valence-corrected chi connectivity index (χ3v) is 4.15. The molecule has 0 amide bonds. The molecular weight excluding hydrogens is 234 g/mol. The number of rotatable bonds is 4. The van der Waals surface area contributed by atoms with Crippen molar-refractivity contribution in [3.63, 3.8) is 0 Å². The second-order valence-electron chi connectivity index (χ2n) is 5.54. The lowest BCUT2D eigenvalue weighted by Crippen LogP contribution is -2.23. The molecule has 0 unspecified atom stereocenters. The monoisotopic (exact) mass is 255 g/mol. The first-order valence-electron chi connectivity index (χ1n) is 7.27. The average molecular weight is 255 g/mol. The number of ketones is 1. The molecule has 2 nitrogen and oxygen atoms in total. The van der Waals surface area contributed by atoms with Gasteiger partial charge in [0.15, 0.2) is 0 Å². The molecule has 2 atom stereocenters. The van der Waals surface area contributed by atoms with Gasteiger partial charge in [-0.3, -0.25) is 4.79 Å². The van der Waals surface area contributed by atoms with E-state index in [1.54, 1.807) is 0 Å². The van der Waals surface area contributed by atoms with Crippen molar-refractivity contribution in [1.82, 2.24) is 0 Å². The molecule has 0 aromatic heterocycles. The van der Waals surface area contributed by atoms with Gasteiger partial charge in [0, 0.05) is 12.3 Å². The Kier molecular flexibility index (Phi) is 4.74.